The van der Waals surface area contributed by atoms with Gasteiger partial charge in [-0.15, -0.1) is 0 Å². The molecule has 2 aromatic rings. The van der Waals surface area contributed by atoms with Crippen molar-refractivity contribution in [2.75, 3.05) is 11.1 Å². The zero-order chi connectivity index (χ0) is 13.8. The molecule has 0 radical (unpaired) electrons. The predicted octanol–water partition coefficient (Wildman–Crippen LogP) is 1.02. The zero-order valence-electron chi connectivity index (χ0n) is 9.96. The van der Waals surface area contributed by atoms with Crippen LogP contribution in [0.25, 0.3) is 0 Å². The first-order valence-corrected chi connectivity index (χ1v) is 5.49. The summed E-state index contributed by atoms with van der Waals surface area (Å²) in [6.07, 6.45) is 1.40. The number of benzene rings is 1. The molecule has 6 heteroatoms. The van der Waals surface area contributed by atoms with Crippen LogP contribution in [-0.2, 0) is 0 Å². The second kappa shape index (κ2) is 5.18. The van der Waals surface area contributed by atoms with Crippen LogP contribution in [0.1, 0.15) is 20.8 Å². The summed E-state index contributed by atoms with van der Waals surface area (Å²) in [4.78, 5) is 26.8. The monoisotopic (exact) mass is 256 g/mol. The molecule has 0 saturated heterocycles. The number of nitrogen functional groups attached to an aromatic ring is 1. The number of nitrogens with two attached hydrogens (primary N) is 2. The van der Waals surface area contributed by atoms with Gasteiger partial charge in [0.05, 0.1) is 11.9 Å². The molecule has 2 amide bonds. The van der Waals surface area contributed by atoms with Crippen molar-refractivity contribution in [3.8, 4) is 0 Å². The van der Waals surface area contributed by atoms with E-state index in [0.29, 0.717) is 16.9 Å². The predicted molar refractivity (Wildman–Crippen MR) is 71.6 cm³/mol. The van der Waals surface area contributed by atoms with Crippen LogP contribution < -0.4 is 16.8 Å². The van der Waals surface area contributed by atoms with Crippen LogP contribution in [0.5, 0.6) is 0 Å². The molecule has 0 atom stereocenters. The van der Waals surface area contributed by atoms with Gasteiger partial charge in [0.1, 0.15) is 5.69 Å². The van der Waals surface area contributed by atoms with E-state index in [0.717, 1.165) is 0 Å². The van der Waals surface area contributed by atoms with Gasteiger partial charge in [-0.25, -0.2) is 4.98 Å². The fraction of sp³-hybridized carbons (Fsp3) is 0. The molecule has 0 bridgehead atoms. The Kier molecular flexibility index (Phi) is 3.42. The van der Waals surface area contributed by atoms with Gasteiger partial charge in [0.25, 0.3) is 5.91 Å². The number of amides is 2. The number of aromatic nitrogens is 1. The zero-order valence-corrected chi connectivity index (χ0v) is 9.96. The molecule has 0 aliphatic heterocycles. The van der Waals surface area contributed by atoms with Crippen molar-refractivity contribution in [1.82, 2.24) is 4.98 Å². The van der Waals surface area contributed by atoms with Crippen molar-refractivity contribution in [2.24, 2.45) is 5.73 Å². The summed E-state index contributed by atoms with van der Waals surface area (Å²) in [6, 6.07) is 9.45. The third-order valence-corrected chi connectivity index (χ3v) is 2.42. The van der Waals surface area contributed by atoms with Gasteiger partial charge in [0.2, 0.25) is 5.91 Å². The fourth-order valence-corrected chi connectivity index (χ4v) is 1.48. The summed E-state index contributed by atoms with van der Waals surface area (Å²) in [6.45, 7) is 0. The Labute approximate surface area is 109 Å². The van der Waals surface area contributed by atoms with E-state index in [1.165, 1.54) is 18.3 Å². The van der Waals surface area contributed by atoms with Gasteiger partial charge in [-0.3, -0.25) is 9.59 Å². The number of hydrogen-bond acceptors (Lipinski definition) is 4. The highest BCUT2D eigenvalue weighted by Crippen LogP contribution is 2.11. The third-order valence-electron chi connectivity index (χ3n) is 2.42. The molecular weight excluding hydrogens is 244 g/mol. The summed E-state index contributed by atoms with van der Waals surface area (Å²) in [7, 11) is 0. The van der Waals surface area contributed by atoms with Crippen LogP contribution in [0, 0.1) is 0 Å². The Morgan fingerprint density at radius 1 is 1.16 bits per heavy atom. The summed E-state index contributed by atoms with van der Waals surface area (Å²) in [5.41, 5.74) is 12.2. The van der Waals surface area contributed by atoms with Crippen LogP contribution in [0.2, 0.25) is 0 Å². The molecular formula is C13H12N4O2. The first-order valence-electron chi connectivity index (χ1n) is 5.49. The number of carbonyl (C=O) groups excluding carboxylic acids is 2. The number of carbonyl (C=O) groups is 2. The van der Waals surface area contributed by atoms with Gasteiger partial charge < -0.3 is 16.8 Å². The van der Waals surface area contributed by atoms with E-state index >= 15 is 0 Å². The normalized spacial score (nSPS) is 9.89. The lowest BCUT2D eigenvalue weighted by molar-refractivity contribution is 0.0995. The summed E-state index contributed by atoms with van der Waals surface area (Å²) < 4.78 is 0. The summed E-state index contributed by atoms with van der Waals surface area (Å²) in [5.74, 6) is -0.941. The van der Waals surface area contributed by atoms with Crippen molar-refractivity contribution in [1.29, 1.82) is 0 Å². The lowest BCUT2D eigenvalue weighted by Gasteiger charge is -2.05. The van der Waals surface area contributed by atoms with Crippen LogP contribution in [0.4, 0.5) is 11.4 Å². The Bertz CT molecular complexity index is 623. The number of nitrogens with one attached hydrogen (secondary N) is 1. The Morgan fingerprint density at radius 3 is 2.58 bits per heavy atom. The molecule has 0 fully saturated rings. The number of rotatable bonds is 3. The lowest BCUT2D eigenvalue weighted by Crippen LogP contribution is -2.15. The maximum Gasteiger partial charge on any atom is 0.274 e. The van der Waals surface area contributed by atoms with Crippen molar-refractivity contribution >= 4 is 23.2 Å². The van der Waals surface area contributed by atoms with E-state index in [9.17, 15) is 9.59 Å². The second-order valence-corrected chi connectivity index (χ2v) is 3.88. The van der Waals surface area contributed by atoms with Gasteiger partial charge in [0.15, 0.2) is 0 Å². The largest absolute Gasteiger partial charge is 0.397 e. The van der Waals surface area contributed by atoms with Crippen molar-refractivity contribution in [3.05, 3.63) is 53.9 Å². The van der Waals surface area contributed by atoms with Crippen LogP contribution in [0.15, 0.2) is 42.6 Å². The highest BCUT2D eigenvalue weighted by molar-refractivity contribution is 6.03. The van der Waals surface area contributed by atoms with Crippen LogP contribution in [-0.4, -0.2) is 16.8 Å². The molecule has 0 aliphatic carbocycles. The maximum absolute atomic E-state index is 11.9. The minimum Gasteiger partial charge on any atom is -0.397 e. The standard InChI is InChI=1S/C13H12N4O2/c14-9-4-5-11(16-7-9)13(19)17-10-3-1-2-8(6-10)12(15)18/h1-7H,14H2,(H2,15,18)(H,17,19). The number of hydrogen-bond donors (Lipinski definition) is 3. The maximum atomic E-state index is 11.9. The average Bonchev–Trinajstić information content (AvgIpc) is 2.39. The van der Waals surface area contributed by atoms with Gasteiger partial charge in [-0.1, -0.05) is 6.07 Å². The number of pyridine rings is 1. The Hall–Kier alpha value is -2.89. The van der Waals surface area contributed by atoms with E-state index in [1.54, 1.807) is 24.3 Å². The van der Waals surface area contributed by atoms with Crippen molar-refractivity contribution in [2.45, 2.75) is 0 Å². The lowest BCUT2D eigenvalue weighted by atomic mass is 10.2. The molecule has 0 saturated carbocycles. The van der Waals surface area contributed by atoms with Gasteiger partial charge in [-0.2, -0.15) is 0 Å². The quantitative estimate of drug-likeness (QED) is 0.761. The SMILES string of the molecule is NC(=O)c1cccc(NC(=O)c2ccc(N)cn2)c1. The Morgan fingerprint density at radius 2 is 1.95 bits per heavy atom. The van der Waals surface area contributed by atoms with E-state index in [2.05, 4.69) is 10.3 Å². The highest BCUT2D eigenvalue weighted by atomic mass is 16.2. The molecule has 1 aromatic heterocycles. The van der Waals surface area contributed by atoms with Gasteiger partial charge in [-0.05, 0) is 30.3 Å². The highest BCUT2D eigenvalue weighted by Gasteiger charge is 2.08. The molecule has 1 aromatic carbocycles. The number of anilines is 2. The molecule has 19 heavy (non-hydrogen) atoms. The molecule has 5 N–H and O–H groups in total. The smallest absolute Gasteiger partial charge is 0.274 e. The van der Waals surface area contributed by atoms with Crippen molar-refractivity contribution in [3.63, 3.8) is 0 Å². The van der Waals surface area contributed by atoms with Gasteiger partial charge in [0, 0.05) is 11.3 Å². The molecule has 0 unspecified atom stereocenters. The first kappa shape index (κ1) is 12.6. The molecule has 0 aliphatic rings. The number of primary amides is 1. The van der Waals surface area contributed by atoms with Crippen molar-refractivity contribution < 1.29 is 9.59 Å². The average molecular weight is 256 g/mol. The third kappa shape index (κ3) is 3.06. The minimum absolute atomic E-state index is 0.235. The van der Waals surface area contributed by atoms with E-state index in [4.69, 9.17) is 11.5 Å². The van der Waals surface area contributed by atoms with Gasteiger partial charge >= 0.3 is 0 Å². The summed E-state index contributed by atoms with van der Waals surface area (Å²) in [5, 5.41) is 2.62. The molecule has 2 rings (SSSR count). The molecule has 6 nitrogen and oxygen atoms in total. The fourth-order valence-electron chi connectivity index (χ4n) is 1.48. The summed E-state index contributed by atoms with van der Waals surface area (Å²) >= 11 is 0. The Balaban J connectivity index is 2.17. The van der Waals surface area contributed by atoms with E-state index in [1.807, 2.05) is 0 Å². The topological polar surface area (TPSA) is 111 Å². The number of nitrogens with zero attached hydrogens (tertiary/aromatic N) is 1. The first-order chi connectivity index (χ1) is 9.06. The van der Waals surface area contributed by atoms with Crippen LogP contribution in [0.3, 0.4) is 0 Å². The van der Waals surface area contributed by atoms with E-state index in [-0.39, 0.29) is 11.6 Å². The molecule has 0 spiro atoms. The molecule has 1 heterocycles. The van der Waals surface area contributed by atoms with E-state index < -0.39 is 5.91 Å². The molecule has 96 valence electrons. The minimum atomic E-state index is -0.554. The second-order valence-electron chi connectivity index (χ2n) is 3.88. The van der Waals surface area contributed by atoms with Crippen LogP contribution >= 0.6 is 0 Å².